The van der Waals surface area contributed by atoms with Crippen molar-refractivity contribution in [2.75, 3.05) is 43.6 Å². The monoisotopic (exact) mass is 594 g/mol. The Bertz CT molecular complexity index is 1590. The number of fused-ring (bicyclic) bond motifs is 1. The summed E-state index contributed by atoms with van der Waals surface area (Å²) >= 11 is 0. The number of carbonyl (C=O) groups is 2. The van der Waals surface area contributed by atoms with Crippen LogP contribution in [0.2, 0.25) is 0 Å². The molecule has 1 fully saturated rings. The molecule has 0 saturated carbocycles. The Morgan fingerprint density at radius 3 is 2.52 bits per heavy atom. The second-order valence-corrected chi connectivity index (χ2v) is 11.2. The van der Waals surface area contributed by atoms with E-state index in [0.29, 0.717) is 30.8 Å². The van der Waals surface area contributed by atoms with E-state index < -0.39 is 6.04 Å². The Labute approximate surface area is 257 Å². The fourth-order valence-electron chi connectivity index (χ4n) is 6.03. The third-order valence-corrected chi connectivity index (χ3v) is 8.41. The van der Waals surface area contributed by atoms with E-state index in [1.807, 2.05) is 72.8 Å². The summed E-state index contributed by atoms with van der Waals surface area (Å²) in [5, 5.41) is 11.6. The number of benzene rings is 3. The van der Waals surface area contributed by atoms with E-state index in [4.69, 9.17) is 9.47 Å². The van der Waals surface area contributed by atoms with Crippen molar-refractivity contribution in [2.45, 2.75) is 38.4 Å². The first kappa shape index (κ1) is 29.4. The summed E-state index contributed by atoms with van der Waals surface area (Å²) in [5.74, 6) is 0.291. The second-order valence-electron chi connectivity index (χ2n) is 11.2. The van der Waals surface area contributed by atoms with Gasteiger partial charge >= 0.3 is 0 Å². The largest absolute Gasteiger partial charge is 0.497 e. The minimum Gasteiger partial charge on any atom is -0.497 e. The molecule has 2 aliphatic rings. The molecule has 1 aliphatic carbocycles. The molecule has 3 aromatic carbocycles. The highest BCUT2D eigenvalue weighted by Gasteiger charge is 2.37. The van der Waals surface area contributed by atoms with Crippen molar-refractivity contribution >= 4 is 34.2 Å². The molecule has 6 rings (SSSR count). The van der Waals surface area contributed by atoms with Crippen LogP contribution in [0.5, 0.6) is 5.75 Å². The zero-order chi connectivity index (χ0) is 30.3. The van der Waals surface area contributed by atoms with Gasteiger partial charge in [-0.25, -0.2) is 4.68 Å². The Morgan fingerprint density at radius 2 is 1.80 bits per heavy atom. The normalized spacial score (nSPS) is 17.3. The van der Waals surface area contributed by atoms with Crippen molar-refractivity contribution in [1.82, 2.24) is 19.9 Å². The quantitative estimate of drug-likeness (QED) is 0.266. The molecule has 1 N–H and O–H groups in total. The van der Waals surface area contributed by atoms with E-state index in [1.54, 1.807) is 16.7 Å². The van der Waals surface area contributed by atoms with Gasteiger partial charge in [0.15, 0.2) is 0 Å². The SMILES string of the molecule is COc1ccc(CN(C(=O)Cn2nnc3ccccc32)[C@@H](C(=O)Nc2ccc(N3CCOCC3)cc2)[C@H]2CC=CCC2)cc1. The van der Waals surface area contributed by atoms with Crippen LogP contribution in [-0.4, -0.2) is 71.2 Å². The molecule has 1 aliphatic heterocycles. The Balaban J connectivity index is 1.29. The molecule has 10 nitrogen and oxygen atoms in total. The van der Waals surface area contributed by atoms with Gasteiger partial charge in [0.05, 0.1) is 25.8 Å². The lowest BCUT2D eigenvalue weighted by Crippen LogP contribution is -2.52. The summed E-state index contributed by atoms with van der Waals surface area (Å²) < 4.78 is 12.4. The van der Waals surface area contributed by atoms with Gasteiger partial charge in [0, 0.05) is 31.0 Å². The molecule has 228 valence electrons. The molecule has 0 bridgehead atoms. The molecular weight excluding hydrogens is 556 g/mol. The smallest absolute Gasteiger partial charge is 0.247 e. The number of hydrogen-bond donors (Lipinski definition) is 1. The Morgan fingerprint density at radius 1 is 1.02 bits per heavy atom. The molecule has 44 heavy (non-hydrogen) atoms. The van der Waals surface area contributed by atoms with Gasteiger partial charge in [-0.15, -0.1) is 5.10 Å². The maximum Gasteiger partial charge on any atom is 0.247 e. The first-order chi connectivity index (χ1) is 21.6. The van der Waals surface area contributed by atoms with Crippen LogP contribution in [0.4, 0.5) is 11.4 Å². The lowest BCUT2D eigenvalue weighted by Gasteiger charge is -2.37. The van der Waals surface area contributed by atoms with Gasteiger partial charge in [-0.1, -0.05) is 41.6 Å². The summed E-state index contributed by atoms with van der Waals surface area (Å²) in [7, 11) is 1.62. The van der Waals surface area contributed by atoms with Crippen LogP contribution in [0.15, 0.2) is 84.9 Å². The van der Waals surface area contributed by atoms with Gasteiger partial charge in [0.1, 0.15) is 23.9 Å². The van der Waals surface area contributed by atoms with E-state index >= 15 is 0 Å². The molecular formula is C34H38N6O4. The first-order valence-electron chi connectivity index (χ1n) is 15.2. The number of morpholine rings is 1. The maximum absolute atomic E-state index is 14.2. The van der Waals surface area contributed by atoms with E-state index in [-0.39, 0.29) is 30.8 Å². The number of nitrogens with one attached hydrogen (secondary N) is 1. The van der Waals surface area contributed by atoms with Gasteiger partial charge in [-0.2, -0.15) is 0 Å². The number of amides is 2. The Kier molecular flexibility index (Phi) is 9.17. The molecule has 0 spiro atoms. The van der Waals surface area contributed by atoms with Gasteiger partial charge in [-0.05, 0) is 79.3 Å². The molecule has 2 amide bonds. The second kappa shape index (κ2) is 13.7. The van der Waals surface area contributed by atoms with Crippen LogP contribution in [0.1, 0.15) is 24.8 Å². The molecule has 1 saturated heterocycles. The average molecular weight is 595 g/mol. The highest BCUT2D eigenvalue weighted by Crippen LogP contribution is 2.29. The van der Waals surface area contributed by atoms with Gasteiger partial charge in [-0.3, -0.25) is 9.59 Å². The zero-order valence-electron chi connectivity index (χ0n) is 25.0. The molecule has 1 aromatic heterocycles. The predicted octanol–water partition coefficient (Wildman–Crippen LogP) is 4.67. The molecule has 0 unspecified atom stereocenters. The van der Waals surface area contributed by atoms with Crippen molar-refractivity contribution < 1.29 is 19.1 Å². The fourth-order valence-corrected chi connectivity index (χ4v) is 6.03. The highest BCUT2D eigenvalue weighted by atomic mass is 16.5. The number of aromatic nitrogens is 3. The standard InChI is InChI=1S/C34H38N6O4/c1-43-29-17-11-25(12-18-29)23-39(32(41)24-40-31-10-6-5-9-30(31)36-37-40)33(26-7-3-2-4-8-26)34(42)35-27-13-15-28(16-14-27)38-19-21-44-22-20-38/h2-3,5-6,9-18,26,33H,4,7-8,19-24H2,1H3,(H,35,42)/t26-,33+/m0/s1. The topological polar surface area (TPSA) is 102 Å². The van der Waals surface area contributed by atoms with E-state index in [0.717, 1.165) is 48.4 Å². The van der Waals surface area contributed by atoms with Crippen molar-refractivity contribution in [3.8, 4) is 5.75 Å². The number of anilines is 2. The van der Waals surface area contributed by atoms with Gasteiger partial charge < -0.3 is 24.6 Å². The van der Waals surface area contributed by atoms with Crippen LogP contribution in [0.25, 0.3) is 11.0 Å². The van der Waals surface area contributed by atoms with Crippen LogP contribution in [0, 0.1) is 5.92 Å². The van der Waals surface area contributed by atoms with Crippen LogP contribution < -0.4 is 15.0 Å². The van der Waals surface area contributed by atoms with E-state index in [2.05, 4.69) is 32.7 Å². The van der Waals surface area contributed by atoms with Crippen molar-refractivity contribution in [1.29, 1.82) is 0 Å². The van der Waals surface area contributed by atoms with Crippen LogP contribution in [-0.2, 0) is 27.4 Å². The summed E-state index contributed by atoms with van der Waals surface area (Å²) in [6, 6.07) is 22.4. The molecule has 10 heteroatoms. The molecule has 2 atom stereocenters. The summed E-state index contributed by atoms with van der Waals surface area (Å²) in [5.41, 5.74) is 4.18. The number of carbonyl (C=O) groups excluding carboxylic acids is 2. The summed E-state index contributed by atoms with van der Waals surface area (Å²) in [6.45, 7) is 3.33. The van der Waals surface area contributed by atoms with E-state index in [9.17, 15) is 9.59 Å². The van der Waals surface area contributed by atoms with Gasteiger partial charge in [0.2, 0.25) is 11.8 Å². The molecule has 0 radical (unpaired) electrons. The lowest BCUT2D eigenvalue weighted by atomic mass is 9.85. The lowest BCUT2D eigenvalue weighted by molar-refractivity contribution is -0.142. The van der Waals surface area contributed by atoms with E-state index in [1.165, 1.54) is 0 Å². The number of nitrogens with zero attached hydrogens (tertiary/aromatic N) is 5. The Hall–Kier alpha value is -4.70. The highest BCUT2D eigenvalue weighted by molar-refractivity contribution is 5.97. The predicted molar refractivity (Wildman–Crippen MR) is 169 cm³/mol. The third-order valence-electron chi connectivity index (χ3n) is 8.41. The number of allylic oxidation sites excluding steroid dienone is 2. The van der Waals surface area contributed by atoms with Gasteiger partial charge in [0.25, 0.3) is 0 Å². The van der Waals surface area contributed by atoms with Crippen LogP contribution in [0.3, 0.4) is 0 Å². The number of ether oxygens (including phenoxy) is 2. The minimum atomic E-state index is -0.691. The maximum atomic E-state index is 14.2. The van der Waals surface area contributed by atoms with Crippen LogP contribution >= 0.6 is 0 Å². The summed E-state index contributed by atoms with van der Waals surface area (Å²) in [6.07, 6.45) is 6.65. The zero-order valence-corrected chi connectivity index (χ0v) is 25.0. The molecule has 2 heterocycles. The number of rotatable bonds is 10. The molecule has 4 aromatic rings. The number of hydrogen-bond acceptors (Lipinski definition) is 7. The van der Waals surface area contributed by atoms with Crippen molar-refractivity contribution in [3.63, 3.8) is 0 Å². The minimum absolute atomic E-state index is 0.0305. The number of para-hydroxylation sites is 1. The van der Waals surface area contributed by atoms with Crippen molar-refractivity contribution in [3.05, 3.63) is 90.5 Å². The average Bonchev–Trinajstić information content (AvgIpc) is 3.48. The first-order valence-corrected chi connectivity index (χ1v) is 15.2. The fraction of sp³-hybridized carbons (Fsp3) is 0.353. The third kappa shape index (κ3) is 6.75. The van der Waals surface area contributed by atoms with Crippen molar-refractivity contribution in [2.24, 2.45) is 5.92 Å². The summed E-state index contributed by atoms with van der Waals surface area (Å²) in [4.78, 5) is 32.5. The number of methoxy groups -OCH3 is 1.